The molecule has 0 saturated carbocycles. The second kappa shape index (κ2) is 10.8. The molecule has 34 heavy (non-hydrogen) atoms. The van der Waals surface area contributed by atoms with Crippen molar-refractivity contribution in [1.82, 2.24) is 5.32 Å². The van der Waals surface area contributed by atoms with Gasteiger partial charge >= 0.3 is 0 Å². The zero-order valence-corrected chi connectivity index (χ0v) is 20.1. The van der Waals surface area contributed by atoms with Gasteiger partial charge in [0.1, 0.15) is 17.1 Å². The summed E-state index contributed by atoms with van der Waals surface area (Å²) in [6, 6.07) is 26.0. The first kappa shape index (κ1) is 23.9. The minimum Gasteiger partial charge on any atom is -0.497 e. The van der Waals surface area contributed by atoms with E-state index in [1.54, 1.807) is 14.2 Å². The molecule has 0 radical (unpaired) electrons. The summed E-state index contributed by atoms with van der Waals surface area (Å²) >= 11 is 0. The van der Waals surface area contributed by atoms with Crippen molar-refractivity contribution in [2.24, 2.45) is 5.92 Å². The van der Waals surface area contributed by atoms with Gasteiger partial charge < -0.3 is 19.9 Å². The Kier molecular flexibility index (Phi) is 7.57. The number of nitrogens with one attached hydrogen (secondary N) is 1. The zero-order chi connectivity index (χ0) is 24.0. The highest BCUT2D eigenvalue weighted by molar-refractivity contribution is 5.39. The summed E-state index contributed by atoms with van der Waals surface area (Å²) in [6.07, 6.45) is 2.33. The molecular weight excluding hydrogens is 422 g/mol. The van der Waals surface area contributed by atoms with Crippen LogP contribution in [0.4, 0.5) is 0 Å². The molecule has 0 unspecified atom stereocenters. The second-order valence-electron chi connectivity index (χ2n) is 8.88. The Bertz CT molecular complexity index is 1120. The van der Waals surface area contributed by atoms with Crippen molar-refractivity contribution in [2.45, 2.75) is 43.9 Å². The van der Waals surface area contributed by atoms with E-state index in [-0.39, 0.29) is 18.0 Å². The molecular formula is C30H33NO3. The Hall–Kier alpha value is -3.26. The molecule has 1 aliphatic rings. The number of methoxy groups -OCH3 is 2. The largest absolute Gasteiger partial charge is 0.497 e. The van der Waals surface area contributed by atoms with E-state index in [1.807, 2.05) is 54.6 Å². The van der Waals surface area contributed by atoms with Crippen LogP contribution in [0.1, 0.15) is 55.0 Å². The zero-order valence-electron chi connectivity index (χ0n) is 20.1. The van der Waals surface area contributed by atoms with Gasteiger partial charge in [-0.3, -0.25) is 0 Å². The highest BCUT2D eigenvalue weighted by Gasteiger charge is 2.47. The molecule has 1 saturated heterocycles. The summed E-state index contributed by atoms with van der Waals surface area (Å²) in [5, 5.41) is 16.0. The maximum atomic E-state index is 12.1. The molecule has 0 spiro atoms. The number of aliphatic hydroxyl groups is 1. The van der Waals surface area contributed by atoms with Gasteiger partial charge in [-0.1, -0.05) is 67.6 Å². The van der Waals surface area contributed by atoms with Crippen LogP contribution in [0.3, 0.4) is 0 Å². The van der Waals surface area contributed by atoms with E-state index < -0.39 is 5.60 Å². The third-order valence-corrected chi connectivity index (χ3v) is 6.70. The van der Waals surface area contributed by atoms with E-state index in [2.05, 4.69) is 48.3 Å². The normalized spacial score (nSPS) is 24.1. The van der Waals surface area contributed by atoms with Gasteiger partial charge in [-0.25, -0.2) is 0 Å². The van der Waals surface area contributed by atoms with E-state index in [4.69, 9.17) is 9.47 Å². The fourth-order valence-corrected chi connectivity index (χ4v) is 4.88. The quantitative estimate of drug-likeness (QED) is 0.470. The molecule has 4 nitrogen and oxygen atoms in total. The molecule has 176 valence electrons. The number of hydrogen-bond donors (Lipinski definition) is 2. The van der Waals surface area contributed by atoms with Crippen LogP contribution in [0.2, 0.25) is 0 Å². The molecule has 1 aliphatic heterocycles. The standard InChI is InChI=1S/C30H33NO3/c1-4-8-27-29(24-13-17-26(34-3)18-14-24)31-28(23-11-15-25(33-2)16-12-23)21-30(27,32)20-19-22-9-6-5-7-10-22/h5-7,9-18,27-29,31-32H,4,8,21H2,1-3H3/t27-,28-,29+,30-/m0/s1. The highest BCUT2D eigenvalue weighted by atomic mass is 16.5. The molecule has 1 heterocycles. The van der Waals surface area contributed by atoms with Crippen LogP contribution in [-0.2, 0) is 0 Å². The minimum atomic E-state index is -1.15. The maximum absolute atomic E-state index is 12.1. The maximum Gasteiger partial charge on any atom is 0.132 e. The van der Waals surface area contributed by atoms with Gasteiger partial charge in [0, 0.05) is 30.0 Å². The SMILES string of the molecule is CCC[C@H]1[C@@H](c2ccc(OC)cc2)N[C@H](c2ccc(OC)cc2)C[C@@]1(O)C#Cc1ccccc1. The van der Waals surface area contributed by atoms with Crippen molar-refractivity contribution in [1.29, 1.82) is 0 Å². The lowest BCUT2D eigenvalue weighted by Crippen LogP contribution is -2.52. The first-order valence-electron chi connectivity index (χ1n) is 11.9. The molecule has 0 aromatic heterocycles. The summed E-state index contributed by atoms with van der Waals surface area (Å²) in [5.74, 6) is 8.14. The summed E-state index contributed by atoms with van der Waals surface area (Å²) in [5.41, 5.74) is 1.99. The van der Waals surface area contributed by atoms with Gasteiger partial charge in [0.15, 0.2) is 0 Å². The Morgan fingerprint density at radius 2 is 1.47 bits per heavy atom. The first-order chi connectivity index (χ1) is 16.6. The van der Waals surface area contributed by atoms with Crippen LogP contribution in [-0.4, -0.2) is 24.9 Å². The third-order valence-electron chi connectivity index (χ3n) is 6.70. The first-order valence-corrected chi connectivity index (χ1v) is 11.9. The van der Waals surface area contributed by atoms with Gasteiger partial charge in [0.2, 0.25) is 0 Å². The lowest BCUT2D eigenvalue weighted by molar-refractivity contribution is -0.0318. The summed E-state index contributed by atoms with van der Waals surface area (Å²) in [4.78, 5) is 0. The topological polar surface area (TPSA) is 50.7 Å². The van der Waals surface area contributed by atoms with Crippen LogP contribution < -0.4 is 14.8 Å². The monoisotopic (exact) mass is 455 g/mol. The smallest absolute Gasteiger partial charge is 0.132 e. The summed E-state index contributed by atoms with van der Waals surface area (Å²) in [7, 11) is 3.34. The van der Waals surface area contributed by atoms with Crippen LogP contribution >= 0.6 is 0 Å². The Morgan fingerprint density at radius 3 is 2.03 bits per heavy atom. The van der Waals surface area contributed by atoms with Crippen LogP contribution in [0, 0.1) is 17.8 Å². The van der Waals surface area contributed by atoms with Crippen LogP contribution in [0.15, 0.2) is 78.9 Å². The molecule has 3 aromatic carbocycles. The van der Waals surface area contributed by atoms with E-state index in [0.717, 1.165) is 41.0 Å². The van der Waals surface area contributed by atoms with Crippen LogP contribution in [0.5, 0.6) is 11.5 Å². The van der Waals surface area contributed by atoms with Gasteiger partial charge in [-0.2, -0.15) is 0 Å². The van der Waals surface area contributed by atoms with E-state index >= 15 is 0 Å². The third kappa shape index (κ3) is 5.28. The number of hydrogen-bond acceptors (Lipinski definition) is 4. The Balaban J connectivity index is 1.76. The average Bonchev–Trinajstić information content (AvgIpc) is 2.89. The number of benzene rings is 3. The predicted molar refractivity (Wildman–Crippen MR) is 136 cm³/mol. The van der Waals surface area contributed by atoms with Gasteiger partial charge in [-0.15, -0.1) is 0 Å². The Labute approximate surface area is 202 Å². The lowest BCUT2D eigenvalue weighted by atomic mass is 9.69. The predicted octanol–water partition coefficient (Wildman–Crippen LogP) is 5.68. The van der Waals surface area contributed by atoms with Crippen molar-refractivity contribution in [3.05, 3.63) is 95.6 Å². The molecule has 0 amide bonds. The molecule has 0 aliphatic carbocycles. The van der Waals surface area contributed by atoms with Gasteiger partial charge in [-0.05, 0) is 53.9 Å². The average molecular weight is 456 g/mol. The molecule has 4 atom stereocenters. The lowest BCUT2D eigenvalue weighted by Gasteiger charge is -2.46. The molecule has 4 heteroatoms. The molecule has 1 fully saturated rings. The summed E-state index contributed by atoms with van der Waals surface area (Å²) < 4.78 is 10.7. The number of ether oxygens (including phenoxy) is 2. The summed E-state index contributed by atoms with van der Waals surface area (Å²) in [6.45, 7) is 2.16. The van der Waals surface area contributed by atoms with Crippen LogP contribution in [0.25, 0.3) is 0 Å². The molecule has 4 rings (SSSR count). The second-order valence-corrected chi connectivity index (χ2v) is 8.88. The number of piperidine rings is 1. The fourth-order valence-electron chi connectivity index (χ4n) is 4.88. The molecule has 2 N–H and O–H groups in total. The van der Waals surface area contributed by atoms with Gasteiger partial charge in [0.05, 0.1) is 14.2 Å². The highest BCUT2D eigenvalue weighted by Crippen LogP contribution is 2.45. The van der Waals surface area contributed by atoms with Crippen molar-refractivity contribution >= 4 is 0 Å². The van der Waals surface area contributed by atoms with E-state index in [9.17, 15) is 5.11 Å². The van der Waals surface area contributed by atoms with Crippen molar-refractivity contribution in [2.75, 3.05) is 14.2 Å². The molecule has 3 aromatic rings. The van der Waals surface area contributed by atoms with Crippen molar-refractivity contribution in [3.8, 4) is 23.3 Å². The Morgan fingerprint density at radius 1 is 0.882 bits per heavy atom. The van der Waals surface area contributed by atoms with Crippen molar-refractivity contribution in [3.63, 3.8) is 0 Å². The van der Waals surface area contributed by atoms with Crippen molar-refractivity contribution < 1.29 is 14.6 Å². The molecule has 0 bridgehead atoms. The fraction of sp³-hybridized carbons (Fsp3) is 0.333. The van der Waals surface area contributed by atoms with E-state index in [1.165, 1.54) is 0 Å². The number of rotatable bonds is 6. The van der Waals surface area contributed by atoms with E-state index in [0.29, 0.717) is 6.42 Å². The van der Waals surface area contributed by atoms with Gasteiger partial charge in [0.25, 0.3) is 0 Å². The minimum absolute atomic E-state index is 0.0539.